The summed E-state index contributed by atoms with van der Waals surface area (Å²) >= 11 is 6.03. The molecule has 0 aliphatic carbocycles. The molecule has 0 spiro atoms. The molecule has 3 aromatic carbocycles. The van der Waals surface area contributed by atoms with Gasteiger partial charge in [-0.3, -0.25) is 9.78 Å². The average molecular weight is 499 g/mol. The number of aromatic nitrogens is 1. The zero-order chi connectivity index (χ0) is 25.2. The lowest BCUT2D eigenvalue weighted by atomic mass is 10.1. The number of amides is 1. The smallest absolute Gasteiger partial charge is 0.416 e. The molecule has 1 amide bonds. The van der Waals surface area contributed by atoms with Crippen molar-refractivity contribution in [1.29, 1.82) is 0 Å². The maximum absolute atomic E-state index is 13.2. The van der Waals surface area contributed by atoms with Gasteiger partial charge in [-0.25, -0.2) is 4.79 Å². The lowest BCUT2D eigenvalue weighted by Crippen LogP contribution is -2.26. The van der Waals surface area contributed by atoms with Gasteiger partial charge in [0.15, 0.2) is 0 Å². The lowest BCUT2D eigenvalue weighted by molar-refractivity contribution is -0.137. The highest BCUT2D eigenvalue weighted by Crippen LogP contribution is 2.34. The third kappa shape index (κ3) is 5.44. The number of halogens is 4. The van der Waals surface area contributed by atoms with Crippen LogP contribution in [-0.2, 0) is 15.7 Å². The molecule has 178 valence electrons. The molecule has 0 aliphatic rings. The molecule has 5 nitrogen and oxygen atoms in total. The Hall–Kier alpha value is -3.91. The van der Waals surface area contributed by atoms with Crippen molar-refractivity contribution in [3.8, 4) is 0 Å². The van der Waals surface area contributed by atoms with Crippen LogP contribution in [0, 0.1) is 6.92 Å². The van der Waals surface area contributed by atoms with Crippen LogP contribution < -0.4 is 5.32 Å². The summed E-state index contributed by atoms with van der Waals surface area (Å²) in [5, 5.41) is 2.81. The maximum Gasteiger partial charge on any atom is 0.416 e. The molecule has 0 saturated heterocycles. The van der Waals surface area contributed by atoms with E-state index >= 15 is 0 Å². The van der Waals surface area contributed by atoms with Gasteiger partial charge in [0, 0.05) is 16.6 Å². The summed E-state index contributed by atoms with van der Waals surface area (Å²) in [6, 6.07) is 19.2. The molecule has 4 rings (SSSR count). The van der Waals surface area contributed by atoms with Gasteiger partial charge in [0.2, 0.25) is 6.10 Å². The SMILES string of the molecule is Cc1cc(C(=O)O[C@H](C(=O)Nc2cc(C(F)(F)F)ccc2Cl)c2ccccc2)c2ccccc2n1. The van der Waals surface area contributed by atoms with Gasteiger partial charge < -0.3 is 10.1 Å². The van der Waals surface area contributed by atoms with E-state index in [-0.39, 0.29) is 16.3 Å². The van der Waals surface area contributed by atoms with Gasteiger partial charge in [-0.05, 0) is 37.3 Å². The second-order valence-electron chi connectivity index (χ2n) is 7.71. The van der Waals surface area contributed by atoms with Crippen molar-refractivity contribution in [3.63, 3.8) is 0 Å². The van der Waals surface area contributed by atoms with Gasteiger partial charge in [0.25, 0.3) is 5.91 Å². The van der Waals surface area contributed by atoms with Gasteiger partial charge >= 0.3 is 12.1 Å². The number of aryl methyl sites for hydroxylation is 1. The highest BCUT2D eigenvalue weighted by Gasteiger charge is 2.32. The van der Waals surface area contributed by atoms with E-state index in [4.69, 9.17) is 16.3 Å². The first-order chi connectivity index (χ1) is 16.6. The first-order valence-corrected chi connectivity index (χ1v) is 10.8. The van der Waals surface area contributed by atoms with Crippen molar-refractivity contribution in [2.24, 2.45) is 0 Å². The van der Waals surface area contributed by atoms with Crippen LogP contribution in [-0.4, -0.2) is 16.9 Å². The topological polar surface area (TPSA) is 68.3 Å². The predicted molar refractivity (Wildman–Crippen MR) is 126 cm³/mol. The lowest BCUT2D eigenvalue weighted by Gasteiger charge is -2.19. The Bertz CT molecular complexity index is 1410. The number of para-hydroxylation sites is 1. The fourth-order valence-corrected chi connectivity index (χ4v) is 3.71. The third-order valence-corrected chi connectivity index (χ3v) is 5.51. The van der Waals surface area contributed by atoms with Crippen molar-refractivity contribution in [2.45, 2.75) is 19.2 Å². The molecule has 35 heavy (non-hydrogen) atoms. The second kappa shape index (κ2) is 9.76. The van der Waals surface area contributed by atoms with Crippen LogP contribution in [0.25, 0.3) is 10.9 Å². The first kappa shape index (κ1) is 24.2. The molecule has 0 saturated carbocycles. The predicted octanol–water partition coefficient (Wildman–Crippen LogP) is 6.75. The van der Waals surface area contributed by atoms with Gasteiger partial charge in [0.05, 0.1) is 27.4 Å². The van der Waals surface area contributed by atoms with E-state index in [1.165, 1.54) is 0 Å². The Kier molecular flexibility index (Phi) is 6.75. The molecule has 9 heteroatoms. The Balaban J connectivity index is 1.68. The summed E-state index contributed by atoms with van der Waals surface area (Å²) in [5.41, 5.74) is 0.455. The zero-order valence-corrected chi connectivity index (χ0v) is 19.0. The third-order valence-electron chi connectivity index (χ3n) is 5.18. The number of rotatable bonds is 5. The van der Waals surface area contributed by atoms with Gasteiger partial charge in [-0.15, -0.1) is 0 Å². The molecule has 1 N–H and O–H groups in total. The van der Waals surface area contributed by atoms with E-state index in [2.05, 4.69) is 10.3 Å². The van der Waals surface area contributed by atoms with Crippen molar-refractivity contribution < 1.29 is 27.5 Å². The fourth-order valence-electron chi connectivity index (χ4n) is 3.54. The minimum Gasteiger partial charge on any atom is -0.444 e. The number of nitrogens with zero attached hydrogens (tertiary/aromatic N) is 1. The highest BCUT2D eigenvalue weighted by molar-refractivity contribution is 6.33. The summed E-state index contributed by atoms with van der Waals surface area (Å²) in [5.74, 6) is -1.65. The zero-order valence-electron chi connectivity index (χ0n) is 18.3. The molecular weight excluding hydrogens is 481 g/mol. The minimum absolute atomic E-state index is 0.0970. The number of carbonyl (C=O) groups is 2. The molecule has 0 unspecified atom stereocenters. The van der Waals surface area contributed by atoms with Gasteiger partial charge in [-0.1, -0.05) is 60.1 Å². The minimum atomic E-state index is -4.63. The number of carbonyl (C=O) groups excluding carboxylic acids is 2. The van der Waals surface area contributed by atoms with Crippen LogP contribution in [0.15, 0.2) is 78.9 Å². The number of esters is 1. The number of alkyl halides is 3. The Labute approximate surface area is 203 Å². The molecule has 0 fully saturated rings. The number of fused-ring (bicyclic) bond motifs is 1. The summed E-state index contributed by atoms with van der Waals surface area (Å²) < 4.78 is 45.1. The van der Waals surface area contributed by atoms with Crippen LogP contribution in [0.3, 0.4) is 0 Å². The van der Waals surface area contributed by atoms with Crippen molar-refractivity contribution in [2.75, 3.05) is 5.32 Å². The van der Waals surface area contributed by atoms with E-state index in [9.17, 15) is 22.8 Å². The fraction of sp³-hybridized carbons (Fsp3) is 0.115. The van der Waals surface area contributed by atoms with E-state index in [0.29, 0.717) is 22.2 Å². The number of hydrogen-bond acceptors (Lipinski definition) is 4. The molecule has 1 atom stereocenters. The first-order valence-electron chi connectivity index (χ1n) is 10.4. The van der Waals surface area contributed by atoms with Gasteiger partial charge in [-0.2, -0.15) is 13.2 Å². The van der Waals surface area contributed by atoms with E-state index in [1.54, 1.807) is 67.6 Å². The molecule has 4 aromatic rings. The highest BCUT2D eigenvalue weighted by atomic mass is 35.5. The molecule has 1 aromatic heterocycles. The Morgan fingerprint density at radius 1 is 0.971 bits per heavy atom. The molecule has 0 aliphatic heterocycles. The van der Waals surface area contributed by atoms with Crippen molar-refractivity contribution in [1.82, 2.24) is 4.98 Å². The molecule has 1 heterocycles. The van der Waals surface area contributed by atoms with Crippen LogP contribution in [0.2, 0.25) is 5.02 Å². The molecule has 0 bridgehead atoms. The number of anilines is 1. The number of benzene rings is 3. The summed E-state index contributed by atoms with van der Waals surface area (Å²) in [6.45, 7) is 1.72. The van der Waals surface area contributed by atoms with Crippen molar-refractivity contribution in [3.05, 3.63) is 106 Å². The van der Waals surface area contributed by atoms with Crippen LogP contribution in [0.5, 0.6) is 0 Å². The van der Waals surface area contributed by atoms with E-state index < -0.39 is 29.7 Å². The monoisotopic (exact) mass is 498 g/mol. The maximum atomic E-state index is 13.2. The number of nitrogens with one attached hydrogen (secondary N) is 1. The molecule has 0 radical (unpaired) electrons. The van der Waals surface area contributed by atoms with Crippen LogP contribution in [0.1, 0.15) is 33.3 Å². The Morgan fingerprint density at radius 2 is 1.66 bits per heavy atom. The average Bonchev–Trinajstić information content (AvgIpc) is 2.83. The summed E-state index contributed by atoms with van der Waals surface area (Å²) in [7, 11) is 0. The van der Waals surface area contributed by atoms with E-state index in [1.807, 2.05) is 0 Å². The normalized spacial score (nSPS) is 12.3. The molecular formula is C26H18ClF3N2O3. The van der Waals surface area contributed by atoms with Crippen LogP contribution in [0.4, 0.5) is 18.9 Å². The van der Waals surface area contributed by atoms with Crippen molar-refractivity contribution >= 4 is 40.1 Å². The van der Waals surface area contributed by atoms with Crippen LogP contribution >= 0.6 is 11.6 Å². The summed E-state index contributed by atoms with van der Waals surface area (Å²) in [4.78, 5) is 30.8. The second-order valence-corrected chi connectivity index (χ2v) is 8.11. The number of pyridine rings is 1. The van der Waals surface area contributed by atoms with Gasteiger partial charge in [0.1, 0.15) is 0 Å². The standard InChI is InChI=1S/C26H18ClF3N2O3/c1-15-13-19(18-9-5-6-10-21(18)31-15)25(34)35-23(16-7-3-2-4-8-16)24(33)32-22-14-17(26(28,29)30)11-12-20(22)27/h2-14,23H,1H3,(H,32,33)/t23-/m0/s1. The number of ether oxygens (including phenoxy) is 1. The number of hydrogen-bond donors (Lipinski definition) is 1. The quantitative estimate of drug-likeness (QED) is 0.309. The Morgan fingerprint density at radius 3 is 2.37 bits per heavy atom. The van der Waals surface area contributed by atoms with E-state index in [0.717, 1.165) is 18.2 Å². The summed E-state index contributed by atoms with van der Waals surface area (Å²) in [6.07, 6.45) is -6.09. The largest absolute Gasteiger partial charge is 0.444 e.